The number of para-hydroxylation sites is 1. The normalized spacial score (nSPS) is 22.2. The first-order chi connectivity index (χ1) is 6.31. The largest absolute Gasteiger partial charge is 0.487 e. The molecule has 70 valence electrons. The molecule has 13 heavy (non-hydrogen) atoms. The van der Waals surface area contributed by atoms with Crippen molar-refractivity contribution in [1.82, 2.24) is 0 Å². The third kappa shape index (κ3) is 1.53. The minimum absolute atomic E-state index is 0.164. The van der Waals surface area contributed by atoms with Gasteiger partial charge in [0.1, 0.15) is 18.0 Å². The smallest absolute Gasteiger partial charge is 0.130 e. The fraction of sp³-hybridized carbons (Fsp3) is 0.400. The molecule has 1 aromatic carbocycles. The first-order valence-corrected chi connectivity index (χ1v) is 4.44. The summed E-state index contributed by atoms with van der Waals surface area (Å²) in [7, 11) is 0. The van der Waals surface area contributed by atoms with Gasteiger partial charge in [-0.3, -0.25) is 0 Å². The Hall–Kier alpha value is -1.06. The second-order valence-electron chi connectivity index (χ2n) is 3.27. The predicted molar refractivity (Wildman–Crippen MR) is 49.6 cm³/mol. The Morgan fingerprint density at radius 2 is 2.31 bits per heavy atom. The molecule has 0 unspecified atom stereocenters. The molecule has 0 bridgehead atoms. The van der Waals surface area contributed by atoms with E-state index in [0.717, 1.165) is 17.7 Å². The lowest BCUT2D eigenvalue weighted by atomic mass is 10.1. The van der Waals surface area contributed by atoms with Crippen molar-refractivity contribution in [3.05, 3.63) is 29.8 Å². The fourth-order valence-electron chi connectivity index (χ4n) is 1.58. The van der Waals surface area contributed by atoms with E-state index in [4.69, 9.17) is 10.5 Å². The van der Waals surface area contributed by atoms with Crippen molar-refractivity contribution in [3.63, 3.8) is 0 Å². The van der Waals surface area contributed by atoms with E-state index in [1.165, 1.54) is 0 Å². The van der Waals surface area contributed by atoms with E-state index in [0.29, 0.717) is 0 Å². The van der Waals surface area contributed by atoms with Crippen molar-refractivity contribution < 1.29 is 9.84 Å². The monoisotopic (exact) mass is 179 g/mol. The minimum atomic E-state index is -0.563. The number of ether oxygens (including phenoxy) is 1. The highest BCUT2D eigenvalue weighted by Crippen LogP contribution is 2.29. The summed E-state index contributed by atoms with van der Waals surface area (Å²) in [6.45, 7) is 0.249. The van der Waals surface area contributed by atoms with Gasteiger partial charge in [-0.05, 0) is 11.6 Å². The summed E-state index contributed by atoms with van der Waals surface area (Å²) in [4.78, 5) is 0. The highest BCUT2D eigenvalue weighted by Gasteiger charge is 2.27. The molecule has 0 radical (unpaired) electrons. The molecule has 2 rings (SSSR count). The molecule has 0 fully saturated rings. The van der Waals surface area contributed by atoms with Crippen LogP contribution in [0.1, 0.15) is 5.56 Å². The number of hydrogen-bond acceptors (Lipinski definition) is 3. The summed E-state index contributed by atoms with van der Waals surface area (Å²) in [5, 5.41) is 9.48. The molecule has 1 heterocycles. The standard InChI is InChI=1S/C10H13NO2/c11-6-8(12)10-5-7-3-1-2-4-9(7)13-10/h1-4,8,10,12H,5-6,11H2/t8-,10+/m1/s1. The van der Waals surface area contributed by atoms with E-state index in [1.54, 1.807) is 0 Å². The summed E-state index contributed by atoms with van der Waals surface area (Å²) >= 11 is 0. The lowest BCUT2D eigenvalue weighted by Gasteiger charge is -2.15. The van der Waals surface area contributed by atoms with Crippen molar-refractivity contribution in [1.29, 1.82) is 0 Å². The Labute approximate surface area is 77.1 Å². The number of aliphatic hydroxyl groups is 1. The van der Waals surface area contributed by atoms with Gasteiger partial charge >= 0.3 is 0 Å². The summed E-state index contributed by atoms with van der Waals surface area (Å²) in [6, 6.07) is 7.83. The van der Waals surface area contributed by atoms with Crippen molar-refractivity contribution in [2.75, 3.05) is 6.54 Å². The van der Waals surface area contributed by atoms with Gasteiger partial charge in [0, 0.05) is 13.0 Å². The molecule has 0 aliphatic carbocycles. The van der Waals surface area contributed by atoms with Crippen LogP contribution in [0.25, 0.3) is 0 Å². The van der Waals surface area contributed by atoms with Crippen molar-refractivity contribution in [2.24, 2.45) is 5.73 Å². The SMILES string of the molecule is NC[C@@H](O)[C@@H]1Cc2ccccc2O1. The van der Waals surface area contributed by atoms with Crippen LogP contribution in [0.15, 0.2) is 24.3 Å². The van der Waals surface area contributed by atoms with Crippen LogP contribution in [-0.2, 0) is 6.42 Å². The van der Waals surface area contributed by atoms with Gasteiger partial charge in [0.2, 0.25) is 0 Å². The van der Waals surface area contributed by atoms with Gasteiger partial charge in [0.05, 0.1) is 0 Å². The first kappa shape index (κ1) is 8.53. The van der Waals surface area contributed by atoms with Crippen LogP contribution < -0.4 is 10.5 Å². The Bertz CT molecular complexity index is 276. The van der Waals surface area contributed by atoms with Crippen molar-refractivity contribution in [3.8, 4) is 5.75 Å². The molecule has 0 aromatic heterocycles. The Morgan fingerprint density at radius 1 is 1.54 bits per heavy atom. The van der Waals surface area contributed by atoms with E-state index in [2.05, 4.69) is 0 Å². The van der Waals surface area contributed by atoms with Gasteiger partial charge in [-0.15, -0.1) is 0 Å². The first-order valence-electron chi connectivity index (χ1n) is 4.44. The molecule has 1 aliphatic rings. The van der Waals surface area contributed by atoms with E-state index < -0.39 is 6.10 Å². The number of benzene rings is 1. The minimum Gasteiger partial charge on any atom is -0.487 e. The molecule has 0 saturated carbocycles. The molecule has 0 saturated heterocycles. The van der Waals surface area contributed by atoms with Crippen LogP contribution in [0.4, 0.5) is 0 Å². The zero-order chi connectivity index (χ0) is 9.26. The summed E-state index contributed by atoms with van der Waals surface area (Å²) in [5.41, 5.74) is 6.51. The molecular weight excluding hydrogens is 166 g/mol. The third-order valence-electron chi connectivity index (χ3n) is 2.34. The van der Waals surface area contributed by atoms with Crippen molar-refractivity contribution >= 4 is 0 Å². The zero-order valence-corrected chi connectivity index (χ0v) is 7.31. The summed E-state index contributed by atoms with van der Waals surface area (Å²) in [6.07, 6.45) is 0.0314. The van der Waals surface area contributed by atoms with Gasteiger partial charge in [-0.2, -0.15) is 0 Å². The van der Waals surface area contributed by atoms with Gasteiger partial charge in [-0.1, -0.05) is 18.2 Å². The Morgan fingerprint density at radius 3 is 3.00 bits per heavy atom. The maximum atomic E-state index is 9.48. The van der Waals surface area contributed by atoms with Gasteiger partial charge in [0.15, 0.2) is 0 Å². The van der Waals surface area contributed by atoms with Gasteiger partial charge < -0.3 is 15.6 Å². The maximum absolute atomic E-state index is 9.48. The van der Waals surface area contributed by atoms with E-state index in [1.807, 2.05) is 24.3 Å². The van der Waals surface area contributed by atoms with E-state index in [9.17, 15) is 5.11 Å². The second kappa shape index (κ2) is 3.36. The second-order valence-corrected chi connectivity index (χ2v) is 3.27. The molecule has 3 N–H and O–H groups in total. The number of hydrogen-bond donors (Lipinski definition) is 2. The molecule has 0 amide bonds. The van der Waals surface area contributed by atoms with Crippen LogP contribution in [0, 0.1) is 0 Å². The average Bonchev–Trinajstić information content (AvgIpc) is 2.59. The van der Waals surface area contributed by atoms with E-state index in [-0.39, 0.29) is 12.6 Å². The van der Waals surface area contributed by atoms with Crippen LogP contribution in [0.3, 0.4) is 0 Å². The van der Waals surface area contributed by atoms with Crippen LogP contribution in [0.2, 0.25) is 0 Å². The Balaban J connectivity index is 2.14. The lowest BCUT2D eigenvalue weighted by molar-refractivity contribution is 0.0561. The Kier molecular flexibility index (Phi) is 2.20. The van der Waals surface area contributed by atoms with Gasteiger partial charge in [-0.25, -0.2) is 0 Å². The highest BCUT2D eigenvalue weighted by molar-refractivity contribution is 5.37. The topological polar surface area (TPSA) is 55.5 Å². The quantitative estimate of drug-likeness (QED) is 0.687. The van der Waals surface area contributed by atoms with Crippen molar-refractivity contribution in [2.45, 2.75) is 18.6 Å². The summed E-state index contributed by atoms with van der Waals surface area (Å²) < 4.78 is 5.53. The maximum Gasteiger partial charge on any atom is 0.130 e. The number of nitrogens with two attached hydrogens (primary N) is 1. The van der Waals surface area contributed by atoms with Crippen LogP contribution >= 0.6 is 0 Å². The zero-order valence-electron chi connectivity index (χ0n) is 7.31. The molecule has 2 atom stereocenters. The predicted octanol–water partition coefficient (Wildman–Crippen LogP) is 0.310. The number of rotatable bonds is 2. The molecular formula is C10H13NO2. The molecule has 1 aliphatic heterocycles. The molecule has 0 spiro atoms. The highest BCUT2D eigenvalue weighted by atomic mass is 16.5. The molecule has 3 heteroatoms. The van der Waals surface area contributed by atoms with Crippen LogP contribution in [-0.4, -0.2) is 23.9 Å². The van der Waals surface area contributed by atoms with Gasteiger partial charge in [0.25, 0.3) is 0 Å². The average molecular weight is 179 g/mol. The molecule has 1 aromatic rings. The number of aliphatic hydroxyl groups excluding tert-OH is 1. The third-order valence-corrected chi connectivity index (χ3v) is 2.34. The number of fused-ring (bicyclic) bond motifs is 1. The molecule has 3 nitrogen and oxygen atoms in total. The fourth-order valence-corrected chi connectivity index (χ4v) is 1.58. The van der Waals surface area contributed by atoms with Crippen LogP contribution in [0.5, 0.6) is 5.75 Å². The summed E-state index contributed by atoms with van der Waals surface area (Å²) in [5.74, 6) is 0.875. The van der Waals surface area contributed by atoms with E-state index >= 15 is 0 Å². The lowest BCUT2D eigenvalue weighted by Crippen LogP contribution is -2.36.